The lowest BCUT2D eigenvalue weighted by Crippen LogP contribution is -1.94. The summed E-state index contributed by atoms with van der Waals surface area (Å²) in [5, 5.41) is 21.3. The van der Waals surface area contributed by atoms with Gasteiger partial charge in [-0.15, -0.1) is 0 Å². The van der Waals surface area contributed by atoms with Crippen molar-refractivity contribution in [2.45, 2.75) is 0 Å². The number of furan rings is 2. The molecule has 2 heteroatoms. The molecular formula is C94H56O2. The molecule has 0 unspecified atom stereocenters. The summed E-state index contributed by atoms with van der Waals surface area (Å²) in [6.07, 6.45) is 0. The molecule has 0 aliphatic rings. The Kier molecular flexibility index (Phi) is 12.1. The lowest BCUT2D eigenvalue weighted by molar-refractivity contribution is 0.670. The first-order valence-electron chi connectivity index (χ1n) is 33.1. The lowest BCUT2D eigenvalue weighted by atomic mass is 9.81. The van der Waals surface area contributed by atoms with E-state index in [0.717, 1.165) is 88.4 Å². The van der Waals surface area contributed by atoms with Crippen molar-refractivity contribution in [1.29, 1.82) is 0 Å². The van der Waals surface area contributed by atoms with E-state index < -0.39 is 0 Å². The van der Waals surface area contributed by atoms with Crippen molar-refractivity contribution in [1.82, 2.24) is 0 Å². The van der Waals surface area contributed by atoms with E-state index in [1.807, 2.05) is 0 Å². The molecule has 20 rings (SSSR count). The number of hydrogen-bond donors (Lipinski definition) is 0. The van der Waals surface area contributed by atoms with Gasteiger partial charge in [-0.25, -0.2) is 0 Å². The van der Waals surface area contributed by atoms with Crippen LogP contribution in [0.1, 0.15) is 0 Å². The first kappa shape index (κ1) is 54.0. The highest BCUT2D eigenvalue weighted by atomic mass is 16.3. The minimum absolute atomic E-state index is 0.860. The molecular weight excluding hydrogens is 1160 g/mol. The van der Waals surface area contributed by atoms with Gasteiger partial charge in [0.15, 0.2) is 0 Å². The van der Waals surface area contributed by atoms with E-state index in [2.05, 4.69) is 340 Å². The van der Waals surface area contributed by atoms with Crippen LogP contribution in [0.2, 0.25) is 0 Å². The third-order valence-corrected chi connectivity index (χ3v) is 20.4. The first-order chi connectivity index (χ1) is 47.7. The predicted octanol–water partition coefficient (Wildman–Crippen LogP) is 26.9. The van der Waals surface area contributed by atoms with Crippen LogP contribution in [0.3, 0.4) is 0 Å². The third kappa shape index (κ3) is 8.19. The van der Waals surface area contributed by atoms with Gasteiger partial charge in [-0.3, -0.25) is 0 Å². The molecule has 2 nitrogen and oxygen atoms in total. The van der Waals surface area contributed by atoms with Crippen LogP contribution in [-0.2, 0) is 0 Å². The molecule has 0 spiro atoms. The molecule has 0 aliphatic carbocycles. The Morgan fingerprint density at radius 3 is 0.927 bits per heavy atom. The molecule has 0 fully saturated rings. The molecule has 0 aliphatic heterocycles. The standard InChI is InChI=1S/C94H56O2/c1-2-24-57(25-3-1)64-48-49-79(67-34-8-6-33-66(64)67)89-71-38-10-12-40-73(71)90(74-41-13-11-39-72(74)89)82-52-50-80-69-36-18-20-46-85(69)95-93(80)87(82)61-29-22-27-58(54-61)59-28-23-30-62(55-59)88-83(53-51-81-70-37-19-21-47-86(70)96-94(81)88)91-75-42-14-16-44-77(75)92(78-45-17-15-43-76(78)91)84-56-60-26-4-5-31-63(60)65-32-7-9-35-68(65)84/h1-56H. The number of hydrogen-bond acceptors (Lipinski definition) is 2. The third-order valence-electron chi connectivity index (χ3n) is 20.4. The van der Waals surface area contributed by atoms with E-state index >= 15 is 0 Å². The van der Waals surface area contributed by atoms with Crippen molar-refractivity contribution in [2.24, 2.45) is 0 Å². The zero-order valence-electron chi connectivity index (χ0n) is 52.1. The summed E-state index contributed by atoms with van der Waals surface area (Å²) >= 11 is 0. The van der Waals surface area contributed by atoms with Gasteiger partial charge in [0.2, 0.25) is 0 Å². The largest absolute Gasteiger partial charge is 0.455 e. The Morgan fingerprint density at radius 2 is 0.458 bits per heavy atom. The Morgan fingerprint density at radius 1 is 0.146 bits per heavy atom. The van der Waals surface area contributed by atoms with Gasteiger partial charge in [0.05, 0.1) is 0 Å². The van der Waals surface area contributed by atoms with Gasteiger partial charge in [0, 0.05) is 32.7 Å². The van der Waals surface area contributed by atoms with Crippen LogP contribution in [-0.4, -0.2) is 0 Å². The summed E-state index contributed by atoms with van der Waals surface area (Å²) in [5.41, 5.74) is 21.7. The average molecular weight is 1220 g/mol. The van der Waals surface area contributed by atoms with Crippen molar-refractivity contribution >= 4 is 119 Å². The molecule has 18 aromatic carbocycles. The molecule has 0 bridgehead atoms. The fourth-order valence-electron chi connectivity index (χ4n) is 16.3. The maximum Gasteiger partial charge on any atom is 0.143 e. The number of rotatable bonds is 8. The normalized spacial score (nSPS) is 12.0. The second-order valence-electron chi connectivity index (χ2n) is 25.5. The minimum Gasteiger partial charge on any atom is -0.455 e. The Labute approximate surface area is 553 Å². The Bertz CT molecular complexity index is 6520. The second-order valence-corrected chi connectivity index (χ2v) is 25.5. The van der Waals surface area contributed by atoms with Gasteiger partial charge in [0.1, 0.15) is 22.3 Å². The first-order valence-corrected chi connectivity index (χ1v) is 33.1. The molecule has 0 saturated carbocycles. The predicted molar refractivity (Wildman–Crippen MR) is 407 cm³/mol. The number of benzene rings is 18. The van der Waals surface area contributed by atoms with Crippen molar-refractivity contribution in [2.75, 3.05) is 0 Å². The van der Waals surface area contributed by atoms with Crippen LogP contribution in [0.5, 0.6) is 0 Å². The highest BCUT2D eigenvalue weighted by Gasteiger charge is 2.27. The highest BCUT2D eigenvalue weighted by Crippen LogP contribution is 2.54. The molecule has 2 aromatic heterocycles. The van der Waals surface area contributed by atoms with Crippen molar-refractivity contribution in [3.8, 4) is 89.0 Å². The number of fused-ring (bicyclic) bond motifs is 14. The van der Waals surface area contributed by atoms with Gasteiger partial charge in [-0.05, 0) is 196 Å². The molecule has 20 aromatic rings. The van der Waals surface area contributed by atoms with Gasteiger partial charge < -0.3 is 8.83 Å². The summed E-state index contributed by atoms with van der Waals surface area (Å²) in [6.45, 7) is 0. The van der Waals surface area contributed by atoms with Crippen LogP contribution in [0.25, 0.3) is 208 Å². The average Bonchev–Trinajstić information content (AvgIpc) is 0.738. The molecule has 0 amide bonds. The molecule has 0 saturated heterocycles. The van der Waals surface area contributed by atoms with Gasteiger partial charge >= 0.3 is 0 Å². The van der Waals surface area contributed by atoms with E-state index in [1.165, 1.54) is 120 Å². The quantitative estimate of drug-likeness (QED) is 0.112. The minimum atomic E-state index is 0.860. The molecule has 0 radical (unpaired) electrons. The smallest absolute Gasteiger partial charge is 0.143 e. The molecule has 444 valence electrons. The second kappa shape index (κ2) is 21.5. The Balaban J connectivity index is 0.797. The highest BCUT2D eigenvalue weighted by molar-refractivity contribution is 6.29. The van der Waals surface area contributed by atoms with Crippen LogP contribution in [0.15, 0.2) is 349 Å². The van der Waals surface area contributed by atoms with Crippen molar-refractivity contribution in [3.63, 3.8) is 0 Å². The topological polar surface area (TPSA) is 26.3 Å². The van der Waals surface area contributed by atoms with E-state index in [1.54, 1.807) is 0 Å². The van der Waals surface area contributed by atoms with E-state index in [-0.39, 0.29) is 0 Å². The van der Waals surface area contributed by atoms with Crippen LogP contribution < -0.4 is 0 Å². The van der Waals surface area contributed by atoms with Gasteiger partial charge in [-0.2, -0.15) is 0 Å². The zero-order valence-corrected chi connectivity index (χ0v) is 52.1. The maximum absolute atomic E-state index is 7.18. The number of para-hydroxylation sites is 2. The van der Waals surface area contributed by atoms with Crippen LogP contribution in [0, 0.1) is 0 Å². The van der Waals surface area contributed by atoms with Gasteiger partial charge in [-0.1, -0.05) is 297 Å². The summed E-state index contributed by atoms with van der Waals surface area (Å²) in [4.78, 5) is 0. The van der Waals surface area contributed by atoms with Crippen LogP contribution >= 0.6 is 0 Å². The fourth-order valence-corrected chi connectivity index (χ4v) is 16.3. The summed E-state index contributed by atoms with van der Waals surface area (Å²) < 4.78 is 14.3. The van der Waals surface area contributed by atoms with Crippen molar-refractivity contribution < 1.29 is 8.83 Å². The maximum atomic E-state index is 7.18. The summed E-state index contributed by atoms with van der Waals surface area (Å²) in [5.74, 6) is 0. The van der Waals surface area contributed by atoms with E-state index in [4.69, 9.17) is 8.83 Å². The fraction of sp³-hybridized carbons (Fsp3) is 0. The van der Waals surface area contributed by atoms with Gasteiger partial charge in [0.25, 0.3) is 0 Å². The molecule has 2 heterocycles. The molecule has 0 N–H and O–H groups in total. The summed E-state index contributed by atoms with van der Waals surface area (Å²) in [6, 6.07) is 125. The SMILES string of the molecule is c1ccc(-c2ccc(-c3c4ccccc4c(-c4ccc5c(oc6ccccc65)c4-c4cccc(-c5cccc(-c6c(-c7c8ccccc8c(-c8cc9ccccc9c9ccccc89)c8ccccc78)ccc7c6oc6ccccc67)c5)c4)c4ccccc34)c3ccccc23)cc1. The molecule has 96 heavy (non-hydrogen) atoms. The van der Waals surface area contributed by atoms with E-state index in [9.17, 15) is 0 Å². The lowest BCUT2D eigenvalue weighted by Gasteiger charge is -2.21. The molecule has 0 atom stereocenters. The Hall–Kier alpha value is -12.6. The monoisotopic (exact) mass is 1220 g/mol. The van der Waals surface area contributed by atoms with Crippen molar-refractivity contribution in [3.05, 3.63) is 340 Å². The zero-order chi connectivity index (χ0) is 63.0. The van der Waals surface area contributed by atoms with E-state index in [0.29, 0.717) is 0 Å². The summed E-state index contributed by atoms with van der Waals surface area (Å²) in [7, 11) is 0. The van der Waals surface area contributed by atoms with Crippen LogP contribution in [0.4, 0.5) is 0 Å².